The highest BCUT2D eigenvalue weighted by molar-refractivity contribution is 7.92. The number of sulfonamides is 1. The van der Waals surface area contributed by atoms with E-state index in [9.17, 15) is 22.4 Å². The van der Waals surface area contributed by atoms with E-state index in [0.717, 1.165) is 28.4 Å². The van der Waals surface area contributed by atoms with Crippen molar-refractivity contribution in [3.8, 4) is 0 Å². The van der Waals surface area contributed by atoms with Gasteiger partial charge >= 0.3 is 0 Å². The molecule has 208 valence electrons. The Balaban J connectivity index is 1.98. The lowest BCUT2D eigenvalue weighted by Gasteiger charge is -2.33. The fourth-order valence-electron chi connectivity index (χ4n) is 4.19. The van der Waals surface area contributed by atoms with Gasteiger partial charge in [-0.15, -0.1) is 0 Å². The van der Waals surface area contributed by atoms with Gasteiger partial charge in [0.2, 0.25) is 11.8 Å². The monoisotopic (exact) mass is 553 g/mol. The summed E-state index contributed by atoms with van der Waals surface area (Å²) in [6.45, 7) is 5.39. The van der Waals surface area contributed by atoms with E-state index in [1.54, 1.807) is 30.3 Å². The smallest absolute Gasteiger partial charge is 0.264 e. The van der Waals surface area contributed by atoms with Gasteiger partial charge in [-0.1, -0.05) is 62.4 Å². The number of hydrogen-bond donors (Lipinski definition) is 1. The normalized spacial score (nSPS) is 12.8. The van der Waals surface area contributed by atoms with Crippen LogP contribution in [0.5, 0.6) is 0 Å². The van der Waals surface area contributed by atoms with Gasteiger partial charge in [0.05, 0.1) is 10.6 Å². The fraction of sp³-hybridized carbons (Fsp3) is 0.333. The third-order valence-electron chi connectivity index (χ3n) is 6.60. The first-order valence-electron chi connectivity index (χ1n) is 13.1. The third-order valence-corrected chi connectivity index (χ3v) is 8.38. The molecule has 0 spiro atoms. The zero-order valence-electron chi connectivity index (χ0n) is 22.6. The average molecular weight is 554 g/mol. The number of nitrogens with zero attached hydrogens (tertiary/aromatic N) is 2. The second-order valence-electron chi connectivity index (χ2n) is 9.37. The molecule has 3 aromatic carbocycles. The predicted molar refractivity (Wildman–Crippen MR) is 151 cm³/mol. The summed E-state index contributed by atoms with van der Waals surface area (Å²) >= 11 is 0. The maximum atomic E-state index is 13.9. The molecule has 0 aliphatic rings. The summed E-state index contributed by atoms with van der Waals surface area (Å²) in [5.41, 5.74) is 1.28. The molecule has 0 unspecified atom stereocenters. The lowest BCUT2D eigenvalue weighted by atomic mass is 10.1. The van der Waals surface area contributed by atoms with E-state index in [-0.39, 0.29) is 29.1 Å². The molecule has 9 heteroatoms. The molecule has 0 aliphatic heterocycles. The number of amides is 2. The van der Waals surface area contributed by atoms with Gasteiger partial charge in [0.1, 0.15) is 18.4 Å². The largest absolute Gasteiger partial charge is 0.352 e. The van der Waals surface area contributed by atoms with Crippen LogP contribution in [0.25, 0.3) is 0 Å². The molecule has 0 aliphatic carbocycles. The Morgan fingerprint density at radius 3 is 2.03 bits per heavy atom. The molecule has 2 atom stereocenters. The highest BCUT2D eigenvalue weighted by Crippen LogP contribution is 2.24. The Labute approximate surface area is 230 Å². The third kappa shape index (κ3) is 7.89. The van der Waals surface area contributed by atoms with Gasteiger partial charge in [0.25, 0.3) is 10.0 Å². The van der Waals surface area contributed by atoms with E-state index in [0.29, 0.717) is 12.8 Å². The number of carbonyl (C=O) groups is 2. The number of halogens is 1. The van der Waals surface area contributed by atoms with E-state index < -0.39 is 34.3 Å². The maximum absolute atomic E-state index is 13.9. The van der Waals surface area contributed by atoms with Gasteiger partial charge in [0.15, 0.2) is 0 Å². The summed E-state index contributed by atoms with van der Waals surface area (Å²) in [5.74, 6) is -1.35. The summed E-state index contributed by atoms with van der Waals surface area (Å²) in [5, 5.41) is 2.96. The number of para-hydroxylation sites is 1. The first-order chi connectivity index (χ1) is 18.7. The van der Waals surface area contributed by atoms with E-state index >= 15 is 0 Å². The Bertz CT molecular complexity index is 1320. The molecule has 0 bridgehead atoms. The molecule has 0 aromatic heterocycles. The average Bonchev–Trinajstić information content (AvgIpc) is 2.94. The van der Waals surface area contributed by atoms with Crippen LogP contribution in [-0.4, -0.2) is 50.3 Å². The Morgan fingerprint density at radius 1 is 0.872 bits per heavy atom. The van der Waals surface area contributed by atoms with Gasteiger partial charge in [0, 0.05) is 12.6 Å². The van der Waals surface area contributed by atoms with Gasteiger partial charge in [-0.25, -0.2) is 12.8 Å². The molecule has 0 saturated carbocycles. The molecule has 3 aromatic rings. The van der Waals surface area contributed by atoms with Crippen LogP contribution < -0.4 is 9.62 Å². The minimum atomic E-state index is -4.22. The number of nitrogens with one attached hydrogen (secondary N) is 1. The van der Waals surface area contributed by atoms with Crippen molar-refractivity contribution >= 4 is 27.5 Å². The zero-order chi connectivity index (χ0) is 28.4. The molecule has 39 heavy (non-hydrogen) atoms. The highest BCUT2D eigenvalue weighted by Gasteiger charge is 2.33. The summed E-state index contributed by atoms with van der Waals surface area (Å²) < 4.78 is 41.9. The maximum Gasteiger partial charge on any atom is 0.264 e. The lowest BCUT2D eigenvalue weighted by molar-refractivity contribution is -0.139. The number of anilines is 1. The second-order valence-corrected chi connectivity index (χ2v) is 11.2. The van der Waals surface area contributed by atoms with E-state index in [2.05, 4.69) is 5.32 Å². The summed E-state index contributed by atoms with van der Waals surface area (Å²) in [7, 11) is -4.22. The second kappa shape index (κ2) is 13.9. The van der Waals surface area contributed by atoms with Gasteiger partial charge in [-0.2, -0.15) is 0 Å². The van der Waals surface area contributed by atoms with E-state index in [4.69, 9.17) is 0 Å². The number of benzene rings is 3. The molecular formula is C30H36FN3O4S. The van der Waals surface area contributed by atoms with E-state index in [1.807, 2.05) is 51.1 Å². The topological polar surface area (TPSA) is 86.8 Å². The van der Waals surface area contributed by atoms with Crippen molar-refractivity contribution in [2.75, 3.05) is 17.4 Å². The van der Waals surface area contributed by atoms with Crippen molar-refractivity contribution in [3.63, 3.8) is 0 Å². The first-order valence-corrected chi connectivity index (χ1v) is 14.6. The summed E-state index contributed by atoms with van der Waals surface area (Å²) in [6.07, 6.45) is 1.59. The van der Waals surface area contributed by atoms with Gasteiger partial charge < -0.3 is 10.2 Å². The standard InChI is InChI=1S/C30H36FN3O4S/c1-4-23(3)32-30(36)28(5-2)33(21-20-24-12-8-6-9-13-24)29(35)22-34(26-14-10-7-11-15-26)39(37,38)27-18-16-25(31)17-19-27/h6-19,23,28H,4-5,20-22H2,1-3H3,(H,32,36)/t23-,28-/m0/s1. The fourth-order valence-corrected chi connectivity index (χ4v) is 5.61. The van der Waals surface area contributed by atoms with Crippen LogP contribution in [0.15, 0.2) is 89.8 Å². The first kappa shape index (κ1) is 29.8. The highest BCUT2D eigenvalue weighted by atomic mass is 32.2. The minimum absolute atomic E-state index is 0.0719. The van der Waals surface area contributed by atoms with Crippen LogP contribution in [0.1, 0.15) is 39.2 Å². The van der Waals surface area contributed by atoms with Crippen molar-refractivity contribution in [1.29, 1.82) is 0 Å². The summed E-state index contributed by atoms with van der Waals surface area (Å²) in [6, 6.07) is 21.5. The van der Waals surface area contributed by atoms with Crippen LogP contribution in [0, 0.1) is 5.82 Å². The zero-order valence-corrected chi connectivity index (χ0v) is 23.4. The molecule has 3 rings (SSSR count). The van der Waals surface area contributed by atoms with Crippen molar-refractivity contribution in [3.05, 3.63) is 96.3 Å². The molecule has 0 fully saturated rings. The Hall–Kier alpha value is -3.72. The number of carbonyl (C=O) groups excluding carboxylic acids is 2. The SMILES string of the molecule is CC[C@H](C)NC(=O)[C@H](CC)N(CCc1ccccc1)C(=O)CN(c1ccccc1)S(=O)(=O)c1ccc(F)cc1. The molecule has 1 N–H and O–H groups in total. The number of hydrogen-bond acceptors (Lipinski definition) is 4. The van der Waals surface area contributed by atoms with Crippen molar-refractivity contribution in [2.24, 2.45) is 0 Å². The van der Waals surface area contributed by atoms with Crippen LogP contribution in [-0.2, 0) is 26.0 Å². The van der Waals surface area contributed by atoms with Crippen molar-refractivity contribution < 1.29 is 22.4 Å². The number of rotatable bonds is 13. The molecule has 0 heterocycles. The summed E-state index contributed by atoms with van der Waals surface area (Å²) in [4.78, 5) is 28.5. The van der Waals surface area contributed by atoms with Crippen LogP contribution in [0.4, 0.5) is 10.1 Å². The Kier molecular flexibility index (Phi) is 10.6. The van der Waals surface area contributed by atoms with Crippen molar-refractivity contribution in [2.45, 2.75) is 57.0 Å². The molecular weight excluding hydrogens is 517 g/mol. The van der Waals surface area contributed by atoms with Gasteiger partial charge in [-0.3, -0.25) is 13.9 Å². The quantitative estimate of drug-likeness (QED) is 0.330. The minimum Gasteiger partial charge on any atom is -0.352 e. The molecule has 0 saturated heterocycles. The Morgan fingerprint density at radius 2 is 1.46 bits per heavy atom. The lowest BCUT2D eigenvalue weighted by Crippen LogP contribution is -2.54. The van der Waals surface area contributed by atoms with Crippen LogP contribution in [0.2, 0.25) is 0 Å². The molecule has 7 nitrogen and oxygen atoms in total. The molecule has 2 amide bonds. The molecule has 0 radical (unpaired) electrons. The predicted octanol–water partition coefficient (Wildman–Crippen LogP) is 4.79. The van der Waals surface area contributed by atoms with Crippen LogP contribution in [0.3, 0.4) is 0 Å². The van der Waals surface area contributed by atoms with E-state index in [1.165, 1.54) is 17.0 Å². The van der Waals surface area contributed by atoms with Crippen molar-refractivity contribution in [1.82, 2.24) is 10.2 Å². The van der Waals surface area contributed by atoms with Gasteiger partial charge in [-0.05, 0) is 68.1 Å². The van der Waals surface area contributed by atoms with Crippen LogP contribution >= 0.6 is 0 Å².